The fourth-order valence-electron chi connectivity index (χ4n) is 3.13. The molecule has 3 rings (SSSR count). The average molecular weight is 337 g/mol. The first-order valence-corrected chi connectivity index (χ1v) is 9.01. The second-order valence-electron chi connectivity index (χ2n) is 6.79. The molecule has 1 aliphatic rings. The fourth-order valence-corrected chi connectivity index (χ4v) is 3.13. The maximum Gasteiger partial charge on any atom is 0.321 e. The predicted octanol–water partition coefficient (Wildman–Crippen LogP) is 3.70. The Morgan fingerprint density at radius 2 is 1.68 bits per heavy atom. The molecule has 0 atom stereocenters. The smallest absolute Gasteiger partial charge is 0.321 e. The van der Waals surface area contributed by atoms with Crippen LogP contribution in [0.1, 0.15) is 16.7 Å². The van der Waals surface area contributed by atoms with E-state index in [2.05, 4.69) is 54.4 Å². The molecule has 0 unspecified atom stereocenters. The number of hydrogen-bond donors (Lipinski definition) is 1. The summed E-state index contributed by atoms with van der Waals surface area (Å²) < 4.78 is 0. The fraction of sp³-hybridized carbons (Fsp3) is 0.381. The van der Waals surface area contributed by atoms with Gasteiger partial charge in [-0.3, -0.25) is 4.90 Å². The van der Waals surface area contributed by atoms with Crippen LogP contribution in [0.2, 0.25) is 0 Å². The minimum Gasteiger partial charge on any atom is -0.322 e. The summed E-state index contributed by atoms with van der Waals surface area (Å²) in [5, 5.41) is 3.02. The molecule has 132 valence electrons. The number of hydrogen-bond acceptors (Lipinski definition) is 2. The van der Waals surface area contributed by atoms with Crippen LogP contribution in [0, 0.1) is 13.8 Å². The second-order valence-corrected chi connectivity index (χ2v) is 6.79. The highest BCUT2D eigenvalue weighted by molar-refractivity contribution is 5.89. The van der Waals surface area contributed by atoms with E-state index < -0.39 is 0 Å². The summed E-state index contributed by atoms with van der Waals surface area (Å²) in [6.45, 7) is 8.64. The molecule has 1 aliphatic heterocycles. The van der Waals surface area contributed by atoms with Crippen LogP contribution in [-0.2, 0) is 6.42 Å². The molecular formula is C21H27N3O. The Morgan fingerprint density at radius 1 is 0.960 bits per heavy atom. The van der Waals surface area contributed by atoms with Gasteiger partial charge in [0.1, 0.15) is 0 Å². The molecule has 0 saturated carbocycles. The molecule has 0 spiro atoms. The van der Waals surface area contributed by atoms with Crippen molar-refractivity contribution >= 4 is 11.7 Å². The first kappa shape index (κ1) is 17.5. The van der Waals surface area contributed by atoms with Crippen LogP contribution in [0.5, 0.6) is 0 Å². The highest BCUT2D eigenvalue weighted by atomic mass is 16.2. The molecule has 0 aliphatic carbocycles. The third kappa shape index (κ3) is 4.83. The lowest BCUT2D eigenvalue weighted by Gasteiger charge is -2.34. The molecule has 1 fully saturated rings. The Bertz CT molecular complexity index is 706. The van der Waals surface area contributed by atoms with Gasteiger partial charge in [-0.25, -0.2) is 4.79 Å². The molecule has 4 heteroatoms. The van der Waals surface area contributed by atoms with Crippen LogP contribution in [0.4, 0.5) is 10.5 Å². The lowest BCUT2D eigenvalue weighted by Crippen LogP contribution is -2.50. The standard InChI is InChI=1S/C21H27N3O/c1-17-8-9-20(16-18(17)2)22-21(25)24-14-12-23(13-15-24)11-10-19-6-4-3-5-7-19/h3-9,16H,10-15H2,1-2H3,(H,22,25). The SMILES string of the molecule is Cc1ccc(NC(=O)N2CCN(CCc3ccccc3)CC2)cc1C. The first-order valence-electron chi connectivity index (χ1n) is 9.01. The van der Waals surface area contributed by atoms with Gasteiger partial charge in [-0.05, 0) is 49.1 Å². The number of carbonyl (C=O) groups is 1. The number of nitrogens with zero attached hydrogens (tertiary/aromatic N) is 2. The van der Waals surface area contributed by atoms with Crippen LogP contribution in [0.25, 0.3) is 0 Å². The van der Waals surface area contributed by atoms with Crippen molar-refractivity contribution in [1.29, 1.82) is 0 Å². The van der Waals surface area contributed by atoms with E-state index in [1.807, 2.05) is 23.1 Å². The molecule has 1 N–H and O–H groups in total. The lowest BCUT2D eigenvalue weighted by molar-refractivity contribution is 0.148. The Morgan fingerprint density at radius 3 is 2.36 bits per heavy atom. The Labute approximate surface area is 150 Å². The molecule has 2 aromatic rings. The van der Waals surface area contributed by atoms with Crippen molar-refractivity contribution in [3.05, 3.63) is 65.2 Å². The van der Waals surface area contributed by atoms with Crippen molar-refractivity contribution in [3.63, 3.8) is 0 Å². The quantitative estimate of drug-likeness (QED) is 0.923. The highest BCUT2D eigenvalue weighted by Gasteiger charge is 2.20. The van der Waals surface area contributed by atoms with E-state index in [9.17, 15) is 4.79 Å². The highest BCUT2D eigenvalue weighted by Crippen LogP contribution is 2.15. The maximum absolute atomic E-state index is 12.4. The Balaban J connectivity index is 1.45. The van der Waals surface area contributed by atoms with Gasteiger partial charge >= 0.3 is 6.03 Å². The van der Waals surface area contributed by atoms with Gasteiger partial charge in [0.05, 0.1) is 0 Å². The minimum atomic E-state index is 0.00552. The van der Waals surface area contributed by atoms with Crippen LogP contribution in [-0.4, -0.2) is 48.6 Å². The zero-order chi connectivity index (χ0) is 17.6. The molecule has 1 saturated heterocycles. The summed E-state index contributed by atoms with van der Waals surface area (Å²) in [7, 11) is 0. The van der Waals surface area contributed by atoms with Gasteiger partial charge in [-0.15, -0.1) is 0 Å². The van der Waals surface area contributed by atoms with Gasteiger partial charge in [0.2, 0.25) is 0 Å². The molecule has 2 aromatic carbocycles. The Hall–Kier alpha value is -2.33. The molecule has 0 aromatic heterocycles. The molecule has 0 radical (unpaired) electrons. The van der Waals surface area contributed by atoms with Gasteiger partial charge in [0.25, 0.3) is 0 Å². The van der Waals surface area contributed by atoms with Crippen molar-refractivity contribution in [1.82, 2.24) is 9.80 Å². The monoisotopic (exact) mass is 337 g/mol. The van der Waals surface area contributed by atoms with E-state index in [0.717, 1.165) is 44.8 Å². The summed E-state index contributed by atoms with van der Waals surface area (Å²) in [6, 6.07) is 16.6. The number of piperazine rings is 1. The molecule has 1 heterocycles. The van der Waals surface area contributed by atoms with Crippen LogP contribution < -0.4 is 5.32 Å². The topological polar surface area (TPSA) is 35.6 Å². The molecule has 4 nitrogen and oxygen atoms in total. The molecule has 2 amide bonds. The summed E-state index contributed by atoms with van der Waals surface area (Å²) in [4.78, 5) is 16.8. The van der Waals surface area contributed by atoms with Gasteiger partial charge in [-0.2, -0.15) is 0 Å². The van der Waals surface area contributed by atoms with Crippen LogP contribution >= 0.6 is 0 Å². The van der Waals surface area contributed by atoms with Crippen molar-refractivity contribution in [3.8, 4) is 0 Å². The van der Waals surface area contributed by atoms with Gasteiger partial charge < -0.3 is 10.2 Å². The first-order chi connectivity index (χ1) is 12.1. The number of benzene rings is 2. The van der Waals surface area contributed by atoms with E-state index in [0.29, 0.717) is 0 Å². The molecular weight excluding hydrogens is 310 g/mol. The largest absolute Gasteiger partial charge is 0.322 e. The van der Waals surface area contributed by atoms with E-state index in [1.165, 1.54) is 16.7 Å². The number of anilines is 1. The Kier molecular flexibility index (Phi) is 5.71. The van der Waals surface area contributed by atoms with Crippen molar-refractivity contribution in [2.75, 3.05) is 38.0 Å². The maximum atomic E-state index is 12.4. The van der Waals surface area contributed by atoms with Crippen LogP contribution in [0.3, 0.4) is 0 Å². The number of aryl methyl sites for hydroxylation is 2. The average Bonchev–Trinajstić information content (AvgIpc) is 2.64. The van der Waals surface area contributed by atoms with Crippen molar-refractivity contribution < 1.29 is 4.79 Å². The van der Waals surface area contributed by atoms with Gasteiger partial charge in [0.15, 0.2) is 0 Å². The number of nitrogens with one attached hydrogen (secondary N) is 1. The number of rotatable bonds is 4. The molecule has 25 heavy (non-hydrogen) atoms. The lowest BCUT2D eigenvalue weighted by atomic mass is 10.1. The van der Waals surface area contributed by atoms with Gasteiger partial charge in [-0.1, -0.05) is 36.4 Å². The number of amides is 2. The van der Waals surface area contributed by atoms with Crippen molar-refractivity contribution in [2.24, 2.45) is 0 Å². The summed E-state index contributed by atoms with van der Waals surface area (Å²) >= 11 is 0. The second kappa shape index (κ2) is 8.17. The number of urea groups is 1. The van der Waals surface area contributed by atoms with Crippen molar-refractivity contribution in [2.45, 2.75) is 20.3 Å². The van der Waals surface area contributed by atoms with Crippen LogP contribution in [0.15, 0.2) is 48.5 Å². The molecule has 0 bridgehead atoms. The van der Waals surface area contributed by atoms with E-state index in [1.54, 1.807) is 0 Å². The van der Waals surface area contributed by atoms with E-state index in [-0.39, 0.29) is 6.03 Å². The zero-order valence-electron chi connectivity index (χ0n) is 15.2. The third-order valence-electron chi connectivity index (χ3n) is 4.98. The summed E-state index contributed by atoms with van der Waals surface area (Å²) in [5.74, 6) is 0. The minimum absolute atomic E-state index is 0.00552. The van der Waals surface area contributed by atoms with Gasteiger partial charge in [0, 0.05) is 38.4 Å². The summed E-state index contributed by atoms with van der Waals surface area (Å²) in [6.07, 6.45) is 1.07. The third-order valence-corrected chi connectivity index (χ3v) is 4.98. The predicted molar refractivity (Wildman–Crippen MR) is 103 cm³/mol. The normalized spacial score (nSPS) is 15.2. The van der Waals surface area contributed by atoms with E-state index in [4.69, 9.17) is 0 Å². The number of carbonyl (C=O) groups excluding carboxylic acids is 1. The zero-order valence-corrected chi connectivity index (χ0v) is 15.2. The summed E-state index contributed by atoms with van der Waals surface area (Å²) in [5.41, 5.74) is 4.69. The van der Waals surface area contributed by atoms with E-state index >= 15 is 0 Å².